The third-order valence-corrected chi connectivity index (χ3v) is 3.04. The van der Waals surface area contributed by atoms with Crippen molar-refractivity contribution in [3.63, 3.8) is 0 Å². The molecule has 0 heterocycles. The number of nitrogens with one attached hydrogen (secondary N) is 1. The van der Waals surface area contributed by atoms with Crippen LogP contribution in [-0.2, 0) is 9.53 Å². The van der Waals surface area contributed by atoms with Gasteiger partial charge in [0.2, 0.25) is 5.78 Å². The Kier molecular flexibility index (Phi) is 6.84. The van der Waals surface area contributed by atoms with E-state index in [-0.39, 0.29) is 11.7 Å². The Morgan fingerprint density at radius 1 is 1.12 bits per heavy atom. The first-order valence-electron chi connectivity index (χ1n) is 7.82. The maximum Gasteiger partial charge on any atom is 0.408 e. The number of Topliss-reactive ketones (excluding diaryl/α,β-unsaturated/α-hetero) is 1. The lowest BCUT2D eigenvalue weighted by Gasteiger charge is -2.23. The highest BCUT2D eigenvalue weighted by atomic mass is 16.6. The van der Waals surface area contributed by atoms with Crippen LogP contribution in [0, 0.1) is 17.8 Å². The van der Waals surface area contributed by atoms with Crippen LogP contribution in [0.4, 0.5) is 4.79 Å². The van der Waals surface area contributed by atoms with Gasteiger partial charge in [-0.1, -0.05) is 19.8 Å². The third kappa shape index (κ3) is 6.74. The van der Waals surface area contributed by atoms with Gasteiger partial charge in [0.05, 0.1) is 7.11 Å². The molecule has 1 amide bonds. The molecule has 0 aliphatic carbocycles. The van der Waals surface area contributed by atoms with Crippen LogP contribution in [0.5, 0.6) is 5.75 Å². The highest BCUT2D eigenvalue weighted by molar-refractivity contribution is 6.01. The average Bonchev–Trinajstić information content (AvgIpc) is 2.48. The standard InChI is InChI=1S/C19H25NO4/c1-13(2)17(20-18(22)24-19(3,4)5)16(21)12-9-14-7-10-15(23-6)11-8-14/h7-8,10-11,13,17H,1-6H3,(H,20,22)/t17-/m0/s1. The lowest BCUT2D eigenvalue weighted by molar-refractivity contribution is -0.116. The summed E-state index contributed by atoms with van der Waals surface area (Å²) in [5, 5.41) is 2.59. The highest BCUT2D eigenvalue weighted by Crippen LogP contribution is 2.11. The minimum absolute atomic E-state index is 0.102. The minimum atomic E-state index is -0.717. The second-order valence-corrected chi connectivity index (χ2v) is 6.71. The molecule has 0 aliphatic rings. The molecule has 1 N–H and O–H groups in total. The van der Waals surface area contributed by atoms with E-state index in [1.165, 1.54) is 0 Å². The quantitative estimate of drug-likeness (QED) is 0.861. The fraction of sp³-hybridized carbons (Fsp3) is 0.474. The molecule has 1 aromatic carbocycles. The van der Waals surface area contributed by atoms with Crippen LogP contribution in [0.25, 0.3) is 0 Å². The number of carbonyl (C=O) groups is 2. The van der Waals surface area contributed by atoms with Crippen molar-refractivity contribution in [2.45, 2.75) is 46.3 Å². The van der Waals surface area contributed by atoms with E-state index in [2.05, 4.69) is 17.2 Å². The summed E-state index contributed by atoms with van der Waals surface area (Å²) in [5.74, 6) is 5.66. The Labute approximate surface area is 143 Å². The van der Waals surface area contributed by atoms with Crippen LogP contribution < -0.4 is 10.1 Å². The molecule has 130 valence electrons. The van der Waals surface area contributed by atoms with E-state index in [0.29, 0.717) is 5.56 Å². The second kappa shape index (κ2) is 8.39. The zero-order valence-corrected chi connectivity index (χ0v) is 15.1. The molecule has 0 radical (unpaired) electrons. The molecule has 0 saturated carbocycles. The van der Waals surface area contributed by atoms with Gasteiger partial charge in [-0.15, -0.1) is 0 Å². The van der Waals surface area contributed by atoms with Crippen LogP contribution in [0.3, 0.4) is 0 Å². The Morgan fingerprint density at radius 3 is 2.17 bits per heavy atom. The van der Waals surface area contributed by atoms with Crippen molar-refractivity contribution < 1.29 is 19.1 Å². The minimum Gasteiger partial charge on any atom is -0.497 e. The summed E-state index contributed by atoms with van der Waals surface area (Å²) < 4.78 is 10.3. The van der Waals surface area contributed by atoms with E-state index in [4.69, 9.17) is 9.47 Å². The summed E-state index contributed by atoms with van der Waals surface area (Å²) in [6.45, 7) is 8.98. The molecule has 0 fully saturated rings. The summed E-state index contributed by atoms with van der Waals surface area (Å²) in [6, 6.07) is 6.36. The third-order valence-electron chi connectivity index (χ3n) is 3.04. The number of amides is 1. The normalized spacial score (nSPS) is 12.0. The number of hydrogen-bond donors (Lipinski definition) is 1. The molecule has 1 aromatic rings. The fourth-order valence-electron chi connectivity index (χ4n) is 1.86. The predicted octanol–water partition coefficient (Wildman–Crippen LogP) is 3.17. The lowest BCUT2D eigenvalue weighted by atomic mass is 10.00. The topological polar surface area (TPSA) is 64.6 Å². The first kappa shape index (κ1) is 19.6. The number of alkyl carbamates (subject to hydrolysis) is 1. The van der Waals surface area contributed by atoms with Crippen molar-refractivity contribution in [3.8, 4) is 17.6 Å². The molecule has 0 aliphatic heterocycles. The van der Waals surface area contributed by atoms with Crippen molar-refractivity contribution in [1.29, 1.82) is 0 Å². The fourth-order valence-corrected chi connectivity index (χ4v) is 1.86. The molecular formula is C19H25NO4. The lowest BCUT2D eigenvalue weighted by Crippen LogP contribution is -2.46. The first-order chi connectivity index (χ1) is 11.1. The Morgan fingerprint density at radius 2 is 1.71 bits per heavy atom. The zero-order chi connectivity index (χ0) is 18.3. The maximum absolute atomic E-state index is 12.3. The van der Waals surface area contributed by atoms with Crippen molar-refractivity contribution in [2.75, 3.05) is 7.11 Å². The van der Waals surface area contributed by atoms with Crippen molar-refractivity contribution in [1.82, 2.24) is 5.32 Å². The van der Waals surface area contributed by atoms with Gasteiger partial charge in [-0.25, -0.2) is 4.79 Å². The van der Waals surface area contributed by atoms with Crippen molar-refractivity contribution >= 4 is 11.9 Å². The molecule has 5 nitrogen and oxygen atoms in total. The van der Waals surface area contributed by atoms with E-state index < -0.39 is 17.7 Å². The number of benzene rings is 1. The molecule has 0 bridgehead atoms. The number of rotatable bonds is 4. The second-order valence-electron chi connectivity index (χ2n) is 6.71. The number of ether oxygens (including phenoxy) is 2. The van der Waals surface area contributed by atoms with Crippen LogP contribution >= 0.6 is 0 Å². The van der Waals surface area contributed by atoms with Crippen LogP contribution in [-0.4, -0.2) is 30.6 Å². The van der Waals surface area contributed by atoms with Gasteiger partial charge in [-0.2, -0.15) is 0 Å². The first-order valence-corrected chi connectivity index (χ1v) is 7.82. The molecule has 0 saturated heterocycles. The largest absolute Gasteiger partial charge is 0.497 e. The van der Waals surface area contributed by atoms with Gasteiger partial charge < -0.3 is 14.8 Å². The molecule has 1 rings (SSSR count). The Balaban J connectivity index is 2.80. The Hall–Kier alpha value is -2.48. The maximum atomic E-state index is 12.3. The number of carbonyl (C=O) groups excluding carboxylic acids is 2. The van der Waals surface area contributed by atoms with Gasteiger partial charge in [0.25, 0.3) is 0 Å². The monoisotopic (exact) mass is 331 g/mol. The summed E-state index contributed by atoms with van der Waals surface area (Å²) in [5.41, 5.74) is 0.0765. The van der Waals surface area contributed by atoms with Crippen LogP contribution in [0.1, 0.15) is 40.2 Å². The van der Waals surface area contributed by atoms with E-state index >= 15 is 0 Å². The van der Waals surface area contributed by atoms with Crippen LogP contribution in [0.15, 0.2) is 24.3 Å². The smallest absolute Gasteiger partial charge is 0.408 e. The number of hydrogen-bond acceptors (Lipinski definition) is 4. The van der Waals surface area contributed by atoms with Gasteiger partial charge in [0, 0.05) is 5.56 Å². The SMILES string of the molecule is COc1ccc(C#CC(=O)[C@@H](NC(=O)OC(C)(C)C)C(C)C)cc1. The average molecular weight is 331 g/mol. The van der Waals surface area contributed by atoms with Crippen LogP contribution in [0.2, 0.25) is 0 Å². The van der Waals surface area contributed by atoms with Crippen molar-refractivity contribution in [2.24, 2.45) is 5.92 Å². The summed E-state index contributed by atoms with van der Waals surface area (Å²) in [7, 11) is 1.58. The van der Waals surface area contributed by atoms with Gasteiger partial charge in [-0.3, -0.25) is 4.79 Å². The van der Waals surface area contributed by atoms with E-state index in [0.717, 1.165) is 5.75 Å². The molecule has 5 heteroatoms. The van der Waals surface area contributed by atoms with E-state index in [1.807, 2.05) is 13.8 Å². The number of ketones is 1. The molecular weight excluding hydrogens is 306 g/mol. The van der Waals surface area contributed by atoms with Gasteiger partial charge >= 0.3 is 6.09 Å². The highest BCUT2D eigenvalue weighted by Gasteiger charge is 2.25. The van der Waals surface area contributed by atoms with E-state index in [9.17, 15) is 9.59 Å². The molecule has 0 unspecified atom stereocenters. The van der Waals surface area contributed by atoms with Gasteiger partial charge in [0.15, 0.2) is 0 Å². The summed E-state index contributed by atoms with van der Waals surface area (Å²) in [6.07, 6.45) is -0.624. The van der Waals surface area contributed by atoms with E-state index in [1.54, 1.807) is 52.1 Å². The van der Waals surface area contributed by atoms with Gasteiger partial charge in [-0.05, 0) is 56.9 Å². The Bertz CT molecular complexity index is 630. The molecule has 0 spiro atoms. The molecule has 0 aromatic heterocycles. The summed E-state index contributed by atoms with van der Waals surface area (Å²) >= 11 is 0. The van der Waals surface area contributed by atoms with Crippen molar-refractivity contribution in [3.05, 3.63) is 29.8 Å². The number of methoxy groups -OCH3 is 1. The molecule has 24 heavy (non-hydrogen) atoms. The molecule has 1 atom stereocenters. The zero-order valence-electron chi connectivity index (χ0n) is 15.1. The predicted molar refractivity (Wildman–Crippen MR) is 92.9 cm³/mol. The van der Waals surface area contributed by atoms with Gasteiger partial charge in [0.1, 0.15) is 17.4 Å². The summed E-state index contributed by atoms with van der Waals surface area (Å²) in [4.78, 5) is 24.2.